The number of nitrogens with two attached hydrogens (primary N) is 1. The second-order valence-corrected chi connectivity index (χ2v) is 7.00. The Morgan fingerprint density at radius 2 is 1.95 bits per heavy atom. The molecular formula is C17H26N2. The van der Waals surface area contributed by atoms with E-state index in [0.717, 1.165) is 18.4 Å². The number of piperidine rings is 1. The third-order valence-corrected chi connectivity index (χ3v) is 5.29. The Kier molecular flexibility index (Phi) is 3.40. The van der Waals surface area contributed by atoms with Crippen LogP contribution < -0.4 is 5.73 Å². The number of benzene rings is 1. The zero-order chi connectivity index (χ0) is 13.5. The van der Waals surface area contributed by atoms with Crippen LogP contribution in [0.4, 0.5) is 0 Å². The smallest absolute Gasteiger partial charge is 0.0233 e. The van der Waals surface area contributed by atoms with E-state index >= 15 is 0 Å². The number of rotatable bonds is 3. The summed E-state index contributed by atoms with van der Waals surface area (Å²) < 4.78 is 0. The van der Waals surface area contributed by atoms with E-state index < -0.39 is 0 Å². The van der Waals surface area contributed by atoms with E-state index in [0.29, 0.717) is 11.5 Å². The molecule has 0 amide bonds. The Balaban J connectivity index is 1.60. The summed E-state index contributed by atoms with van der Waals surface area (Å²) in [5, 5.41) is 0. The average Bonchev–Trinajstić information content (AvgIpc) is 2.90. The Bertz CT molecular complexity index is 426. The van der Waals surface area contributed by atoms with Crippen LogP contribution in [0.5, 0.6) is 0 Å². The van der Waals surface area contributed by atoms with Crippen LogP contribution in [0.2, 0.25) is 0 Å². The van der Waals surface area contributed by atoms with Gasteiger partial charge in [-0.2, -0.15) is 0 Å². The van der Waals surface area contributed by atoms with Gasteiger partial charge in [0.15, 0.2) is 0 Å². The van der Waals surface area contributed by atoms with Crippen molar-refractivity contribution in [2.45, 2.75) is 39.3 Å². The molecular weight excluding hydrogens is 232 g/mol. The van der Waals surface area contributed by atoms with Crippen molar-refractivity contribution in [3.8, 4) is 0 Å². The molecule has 2 N–H and O–H groups in total. The molecule has 3 atom stereocenters. The van der Waals surface area contributed by atoms with E-state index in [9.17, 15) is 0 Å². The molecule has 2 heteroatoms. The van der Waals surface area contributed by atoms with E-state index in [-0.39, 0.29) is 0 Å². The second-order valence-electron chi connectivity index (χ2n) is 7.00. The average molecular weight is 258 g/mol. The largest absolute Gasteiger partial charge is 0.327 e. The highest BCUT2D eigenvalue weighted by atomic mass is 15.1. The number of likely N-dealkylation sites (tertiary alicyclic amines) is 1. The van der Waals surface area contributed by atoms with Crippen LogP contribution >= 0.6 is 0 Å². The first-order valence-electron chi connectivity index (χ1n) is 7.61. The van der Waals surface area contributed by atoms with Crippen LogP contribution in [0.1, 0.15) is 32.3 Å². The van der Waals surface area contributed by atoms with E-state index in [4.69, 9.17) is 5.73 Å². The fraction of sp³-hybridized carbons (Fsp3) is 0.647. The van der Waals surface area contributed by atoms with Gasteiger partial charge in [-0.3, -0.25) is 4.90 Å². The SMILES string of the molecule is CC1(C)[C@@H](N)[C@@H]1C1CCCN(Cc2ccccc2)C1. The highest BCUT2D eigenvalue weighted by molar-refractivity contribution is 5.15. The van der Waals surface area contributed by atoms with Crippen molar-refractivity contribution in [2.75, 3.05) is 13.1 Å². The van der Waals surface area contributed by atoms with Gasteiger partial charge in [0.05, 0.1) is 0 Å². The maximum absolute atomic E-state index is 6.25. The summed E-state index contributed by atoms with van der Waals surface area (Å²) in [7, 11) is 0. The fourth-order valence-corrected chi connectivity index (χ4v) is 3.99. The normalized spacial score (nSPS) is 34.2. The lowest BCUT2D eigenvalue weighted by Crippen LogP contribution is -2.36. The fourth-order valence-electron chi connectivity index (χ4n) is 3.99. The number of nitrogens with zero attached hydrogens (tertiary/aromatic N) is 1. The summed E-state index contributed by atoms with van der Waals surface area (Å²) in [6.07, 6.45) is 2.70. The molecule has 0 aromatic heterocycles. The summed E-state index contributed by atoms with van der Waals surface area (Å²) in [6.45, 7) is 8.24. The predicted octanol–water partition coefficient (Wildman–Crippen LogP) is 2.88. The minimum absolute atomic E-state index is 0.375. The molecule has 1 aliphatic carbocycles. The van der Waals surface area contributed by atoms with E-state index in [2.05, 4.69) is 49.1 Å². The summed E-state index contributed by atoms with van der Waals surface area (Å²) in [4.78, 5) is 2.62. The molecule has 1 aromatic carbocycles. The molecule has 2 nitrogen and oxygen atoms in total. The van der Waals surface area contributed by atoms with E-state index in [1.165, 1.54) is 31.5 Å². The molecule has 0 spiro atoms. The first-order valence-corrected chi connectivity index (χ1v) is 7.61. The minimum Gasteiger partial charge on any atom is -0.327 e. The molecule has 0 radical (unpaired) electrons. The van der Waals surface area contributed by atoms with Crippen molar-refractivity contribution < 1.29 is 0 Å². The van der Waals surface area contributed by atoms with Crippen LogP contribution in [-0.2, 0) is 6.54 Å². The molecule has 3 rings (SSSR count). The van der Waals surface area contributed by atoms with Crippen LogP contribution in [0.15, 0.2) is 30.3 Å². The third kappa shape index (κ3) is 2.56. The van der Waals surface area contributed by atoms with Gasteiger partial charge in [0.2, 0.25) is 0 Å². The van der Waals surface area contributed by atoms with Gasteiger partial charge in [-0.25, -0.2) is 0 Å². The Morgan fingerprint density at radius 3 is 2.58 bits per heavy atom. The molecule has 0 bridgehead atoms. The Labute approximate surface area is 117 Å². The zero-order valence-corrected chi connectivity index (χ0v) is 12.2. The van der Waals surface area contributed by atoms with Gasteiger partial charge >= 0.3 is 0 Å². The second kappa shape index (κ2) is 4.92. The van der Waals surface area contributed by atoms with Gasteiger partial charge in [-0.1, -0.05) is 44.2 Å². The van der Waals surface area contributed by atoms with Crippen molar-refractivity contribution in [1.82, 2.24) is 4.90 Å². The summed E-state index contributed by atoms with van der Waals surface area (Å²) in [5.74, 6) is 1.55. The highest BCUT2D eigenvalue weighted by Crippen LogP contribution is 2.56. The molecule has 1 unspecified atom stereocenters. The van der Waals surface area contributed by atoms with E-state index in [1.807, 2.05) is 0 Å². The number of hydrogen-bond donors (Lipinski definition) is 1. The maximum Gasteiger partial charge on any atom is 0.0233 e. The lowest BCUT2D eigenvalue weighted by molar-refractivity contribution is 0.145. The van der Waals surface area contributed by atoms with Crippen molar-refractivity contribution in [1.29, 1.82) is 0 Å². The summed E-state index contributed by atoms with van der Waals surface area (Å²) >= 11 is 0. The maximum atomic E-state index is 6.25. The molecule has 2 aliphatic rings. The molecule has 1 aliphatic heterocycles. The van der Waals surface area contributed by atoms with Crippen molar-refractivity contribution in [3.05, 3.63) is 35.9 Å². The first-order chi connectivity index (χ1) is 9.09. The molecule has 19 heavy (non-hydrogen) atoms. The van der Waals surface area contributed by atoms with Crippen LogP contribution in [0.3, 0.4) is 0 Å². The molecule has 1 aromatic rings. The van der Waals surface area contributed by atoms with Crippen LogP contribution in [0.25, 0.3) is 0 Å². The van der Waals surface area contributed by atoms with Crippen molar-refractivity contribution in [3.63, 3.8) is 0 Å². The summed E-state index contributed by atoms with van der Waals surface area (Å²) in [6, 6.07) is 11.3. The lowest BCUT2D eigenvalue weighted by Gasteiger charge is -2.33. The number of hydrogen-bond acceptors (Lipinski definition) is 2. The molecule has 1 saturated carbocycles. The van der Waals surface area contributed by atoms with Crippen LogP contribution in [0, 0.1) is 17.3 Å². The summed E-state index contributed by atoms with van der Waals surface area (Å²) in [5.41, 5.74) is 8.06. The van der Waals surface area contributed by atoms with Gasteiger partial charge < -0.3 is 5.73 Å². The van der Waals surface area contributed by atoms with E-state index in [1.54, 1.807) is 0 Å². The zero-order valence-electron chi connectivity index (χ0n) is 12.2. The van der Waals surface area contributed by atoms with Gasteiger partial charge in [-0.05, 0) is 42.2 Å². The van der Waals surface area contributed by atoms with Gasteiger partial charge in [-0.15, -0.1) is 0 Å². The Morgan fingerprint density at radius 1 is 1.26 bits per heavy atom. The molecule has 104 valence electrons. The lowest BCUT2D eigenvalue weighted by atomic mass is 9.89. The quantitative estimate of drug-likeness (QED) is 0.903. The first kappa shape index (κ1) is 13.1. The predicted molar refractivity (Wildman–Crippen MR) is 79.7 cm³/mol. The van der Waals surface area contributed by atoms with Gasteiger partial charge in [0, 0.05) is 19.1 Å². The molecule has 2 fully saturated rings. The van der Waals surface area contributed by atoms with Gasteiger partial charge in [0.25, 0.3) is 0 Å². The standard InChI is InChI=1S/C17H26N2/c1-17(2)15(16(17)18)14-9-6-10-19(12-14)11-13-7-4-3-5-8-13/h3-5,7-8,14-16H,6,9-12,18H2,1-2H3/t14?,15-,16-/m0/s1. The molecule has 1 saturated heterocycles. The van der Waals surface area contributed by atoms with Crippen LogP contribution in [-0.4, -0.2) is 24.0 Å². The molecule has 1 heterocycles. The monoisotopic (exact) mass is 258 g/mol. The third-order valence-electron chi connectivity index (χ3n) is 5.29. The Hall–Kier alpha value is -0.860. The highest BCUT2D eigenvalue weighted by Gasteiger charge is 2.58. The van der Waals surface area contributed by atoms with Gasteiger partial charge in [0.1, 0.15) is 0 Å². The topological polar surface area (TPSA) is 29.3 Å². The van der Waals surface area contributed by atoms with Crippen molar-refractivity contribution >= 4 is 0 Å². The minimum atomic E-state index is 0.375. The van der Waals surface area contributed by atoms with Crippen molar-refractivity contribution in [2.24, 2.45) is 23.0 Å².